The van der Waals surface area contributed by atoms with E-state index in [9.17, 15) is 4.79 Å². The highest BCUT2D eigenvalue weighted by Crippen LogP contribution is 2.41. The van der Waals surface area contributed by atoms with E-state index in [1.165, 1.54) is 44.5 Å². The van der Waals surface area contributed by atoms with Crippen LogP contribution in [0.5, 0.6) is 0 Å². The number of hydrogen-bond acceptors (Lipinski definition) is 2. The summed E-state index contributed by atoms with van der Waals surface area (Å²) >= 11 is 0. The van der Waals surface area contributed by atoms with Crippen LogP contribution in [-0.4, -0.2) is 28.6 Å². The fraction of sp³-hybridized carbons (Fsp3) is 0.667. The molecule has 3 heteroatoms. The van der Waals surface area contributed by atoms with Gasteiger partial charge in [0, 0.05) is 36.8 Å². The smallest absolute Gasteiger partial charge is 0.250 e. The Morgan fingerprint density at radius 3 is 3.06 bits per heavy atom. The maximum absolute atomic E-state index is 12.0. The molecule has 0 amide bonds. The highest BCUT2D eigenvalue weighted by molar-refractivity contribution is 5.18. The monoisotopic (exact) mass is 244 g/mol. The molecular formula is C15H20N2O. The van der Waals surface area contributed by atoms with Crippen LogP contribution in [0, 0.1) is 5.92 Å². The molecule has 0 saturated carbocycles. The molecule has 3 aliphatic heterocycles. The third-order valence-electron chi connectivity index (χ3n) is 5.17. The number of nitrogens with zero attached hydrogens (tertiary/aromatic N) is 2. The van der Waals surface area contributed by atoms with E-state index in [-0.39, 0.29) is 5.56 Å². The summed E-state index contributed by atoms with van der Waals surface area (Å²) in [5.41, 5.74) is 1.48. The normalized spacial score (nSPS) is 34.8. The Kier molecular flexibility index (Phi) is 2.37. The minimum Gasteiger partial charge on any atom is -0.312 e. The molecule has 0 aromatic carbocycles. The standard InChI is InChI=1S/C15H20N2O/c18-15-6-3-5-14-11-8-12(10-17(14)15)13-4-1-2-7-16(13)9-11/h3,5-6,11-13H,1-2,4,7-10H2/t11?,12-,13-/m1/s1. The molecule has 1 unspecified atom stereocenters. The molecule has 2 saturated heterocycles. The van der Waals surface area contributed by atoms with Crippen molar-refractivity contribution in [2.45, 2.75) is 44.2 Å². The molecule has 3 nitrogen and oxygen atoms in total. The molecule has 0 N–H and O–H groups in total. The largest absolute Gasteiger partial charge is 0.312 e. The topological polar surface area (TPSA) is 25.2 Å². The second kappa shape index (κ2) is 3.95. The van der Waals surface area contributed by atoms with E-state index in [2.05, 4.69) is 11.0 Å². The average Bonchev–Trinajstić information content (AvgIpc) is 2.40. The van der Waals surface area contributed by atoms with Gasteiger partial charge < -0.3 is 4.57 Å². The molecule has 0 radical (unpaired) electrons. The summed E-state index contributed by atoms with van der Waals surface area (Å²) in [5, 5.41) is 0. The van der Waals surface area contributed by atoms with Crippen LogP contribution in [0.1, 0.15) is 37.3 Å². The van der Waals surface area contributed by atoms with Crippen molar-refractivity contribution in [3.05, 3.63) is 34.2 Å². The van der Waals surface area contributed by atoms with Crippen LogP contribution in [0.2, 0.25) is 0 Å². The summed E-state index contributed by atoms with van der Waals surface area (Å²) in [4.78, 5) is 14.7. The maximum atomic E-state index is 12.0. The molecule has 0 spiro atoms. The molecule has 96 valence electrons. The summed E-state index contributed by atoms with van der Waals surface area (Å²) < 4.78 is 2.05. The minimum atomic E-state index is 0.200. The molecule has 4 heterocycles. The van der Waals surface area contributed by atoms with E-state index in [4.69, 9.17) is 0 Å². The van der Waals surface area contributed by atoms with E-state index in [0.717, 1.165) is 12.6 Å². The molecule has 1 aromatic heterocycles. The first-order chi connectivity index (χ1) is 8.83. The van der Waals surface area contributed by atoms with Gasteiger partial charge >= 0.3 is 0 Å². The minimum absolute atomic E-state index is 0.200. The Labute approximate surface area is 107 Å². The summed E-state index contributed by atoms with van der Waals surface area (Å²) in [7, 11) is 0. The molecule has 3 atom stereocenters. The summed E-state index contributed by atoms with van der Waals surface area (Å²) in [6.45, 7) is 3.39. The number of piperidine rings is 2. The van der Waals surface area contributed by atoms with E-state index < -0.39 is 0 Å². The number of fused-ring (bicyclic) bond motifs is 6. The van der Waals surface area contributed by atoms with Crippen LogP contribution in [0.25, 0.3) is 0 Å². The van der Waals surface area contributed by atoms with Crippen molar-refractivity contribution in [2.75, 3.05) is 13.1 Å². The number of rotatable bonds is 0. The Hall–Kier alpha value is -1.09. The number of pyridine rings is 1. The zero-order chi connectivity index (χ0) is 12.1. The first kappa shape index (κ1) is 10.8. The number of aromatic nitrogens is 1. The van der Waals surface area contributed by atoms with E-state index in [1.807, 2.05) is 10.6 Å². The summed E-state index contributed by atoms with van der Waals surface area (Å²) in [5.74, 6) is 1.30. The molecule has 2 bridgehead atoms. The second-order valence-corrected chi connectivity index (χ2v) is 6.15. The first-order valence-electron chi connectivity index (χ1n) is 7.27. The van der Waals surface area contributed by atoms with Crippen molar-refractivity contribution < 1.29 is 0 Å². The van der Waals surface area contributed by atoms with Crippen molar-refractivity contribution in [3.8, 4) is 0 Å². The van der Waals surface area contributed by atoms with Crippen LogP contribution in [0.15, 0.2) is 23.0 Å². The first-order valence-corrected chi connectivity index (χ1v) is 7.27. The molecule has 18 heavy (non-hydrogen) atoms. The van der Waals surface area contributed by atoms with Gasteiger partial charge in [-0.1, -0.05) is 12.5 Å². The van der Waals surface area contributed by atoms with E-state index >= 15 is 0 Å². The maximum Gasteiger partial charge on any atom is 0.250 e. The summed E-state index contributed by atoms with van der Waals surface area (Å²) in [6.07, 6.45) is 5.37. The zero-order valence-corrected chi connectivity index (χ0v) is 10.7. The van der Waals surface area contributed by atoms with Crippen molar-refractivity contribution in [1.29, 1.82) is 0 Å². The lowest BCUT2D eigenvalue weighted by Gasteiger charge is -2.50. The van der Waals surface area contributed by atoms with Gasteiger partial charge in [-0.2, -0.15) is 0 Å². The van der Waals surface area contributed by atoms with Gasteiger partial charge in [-0.05, 0) is 37.8 Å². The van der Waals surface area contributed by atoms with Crippen LogP contribution < -0.4 is 5.56 Å². The molecule has 1 aromatic rings. The quantitative estimate of drug-likeness (QED) is 0.695. The average molecular weight is 244 g/mol. The van der Waals surface area contributed by atoms with Gasteiger partial charge in [-0.3, -0.25) is 9.69 Å². The summed E-state index contributed by atoms with van der Waals surface area (Å²) in [6, 6.07) is 6.54. The highest BCUT2D eigenvalue weighted by Gasteiger charge is 2.41. The SMILES string of the molecule is O=c1cccc2n1C[C@H]1CC2CN2CCCC[C@H]12. The van der Waals surface area contributed by atoms with Crippen LogP contribution in [0.3, 0.4) is 0 Å². The second-order valence-electron chi connectivity index (χ2n) is 6.15. The fourth-order valence-electron chi connectivity index (χ4n) is 4.39. The zero-order valence-electron chi connectivity index (χ0n) is 10.7. The van der Waals surface area contributed by atoms with Gasteiger partial charge in [0.2, 0.25) is 0 Å². The predicted octanol–water partition coefficient (Wildman–Crippen LogP) is 1.82. The fourth-order valence-corrected chi connectivity index (χ4v) is 4.39. The van der Waals surface area contributed by atoms with Crippen molar-refractivity contribution >= 4 is 0 Å². The Morgan fingerprint density at radius 2 is 2.11 bits per heavy atom. The van der Waals surface area contributed by atoms with Gasteiger partial charge in [0.1, 0.15) is 0 Å². The molecule has 4 rings (SSSR count). The molecular weight excluding hydrogens is 224 g/mol. The van der Waals surface area contributed by atoms with Crippen molar-refractivity contribution in [3.63, 3.8) is 0 Å². The van der Waals surface area contributed by atoms with Gasteiger partial charge in [0.25, 0.3) is 5.56 Å². The van der Waals surface area contributed by atoms with Gasteiger partial charge in [0.15, 0.2) is 0 Å². The van der Waals surface area contributed by atoms with Gasteiger partial charge in [-0.25, -0.2) is 0 Å². The van der Waals surface area contributed by atoms with Crippen molar-refractivity contribution in [1.82, 2.24) is 9.47 Å². The lowest BCUT2D eigenvalue weighted by atomic mass is 9.75. The lowest BCUT2D eigenvalue weighted by Crippen LogP contribution is -2.54. The van der Waals surface area contributed by atoms with Gasteiger partial charge in [0.05, 0.1) is 0 Å². The lowest BCUT2D eigenvalue weighted by molar-refractivity contribution is 0.0248. The third kappa shape index (κ3) is 1.50. The number of hydrogen-bond donors (Lipinski definition) is 0. The van der Waals surface area contributed by atoms with Crippen molar-refractivity contribution in [2.24, 2.45) is 5.92 Å². The Bertz CT molecular complexity index is 521. The van der Waals surface area contributed by atoms with Crippen LogP contribution in [-0.2, 0) is 6.54 Å². The Balaban J connectivity index is 1.76. The van der Waals surface area contributed by atoms with Crippen LogP contribution >= 0.6 is 0 Å². The van der Waals surface area contributed by atoms with E-state index in [0.29, 0.717) is 11.8 Å². The third-order valence-corrected chi connectivity index (χ3v) is 5.17. The molecule has 0 aliphatic carbocycles. The predicted molar refractivity (Wildman–Crippen MR) is 70.8 cm³/mol. The molecule has 3 aliphatic rings. The van der Waals surface area contributed by atoms with Crippen LogP contribution in [0.4, 0.5) is 0 Å². The Morgan fingerprint density at radius 1 is 1.17 bits per heavy atom. The van der Waals surface area contributed by atoms with Gasteiger partial charge in [-0.15, -0.1) is 0 Å². The highest BCUT2D eigenvalue weighted by atomic mass is 16.1. The van der Waals surface area contributed by atoms with E-state index in [1.54, 1.807) is 6.07 Å². The molecule has 2 fully saturated rings.